The second-order valence-electron chi connectivity index (χ2n) is 6.42. The molecule has 1 aliphatic rings. The number of anilines is 1. The number of benzene rings is 1. The SMILES string of the molecule is COc1ccc(-c2nnc([C@@H](C)N3CCN(c4ncccn4)CC3)o2)cc1. The molecular formula is C19H22N6O2. The molecule has 0 radical (unpaired) electrons. The Hall–Kier alpha value is -3.00. The normalized spacial score (nSPS) is 16.3. The van der Waals surface area contributed by atoms with Gasteiger partial charge in [-0.2, -0.15) is 0 Å². The monoisotopic (exact) mass is 366 g/mol. The van der Waals surface area contributed by atoms with Gasteiger partial charge in [-0.05, 0) is 37.3 Å². The van der Waals surface area contributed by atoms with Crippen molar-refractivity contribution in [2.45, 2.75) is 13.0 Å². The molecule has 2 aromatic heterocycles. The lowest BCUT2D eigenvalue weighted by molar-refractivity contribution is 0.173. The van der Waals surface area contributed by atoms with Crippen molar-refractivity contribution in [3.8, 4) is 17.2 Å². The number of ether oxygens (including phenoxy) is 1. The van der Waals surface area contributed by atoms with Crippen LogP contribution in [0.25, 0.3) is 11.5 Å². The van der Waals surface area contributed by atoms with Gasteiger partial charge in [-0.25, -0.2) is 9.97 Å². The average molecular weight is 366 g/mol. The lowest BCUT2D eigenvalue weighted by atomic mass is 10.2. The van der Waals surface area contributed by atoms with Crippen molar-refractivity contribution in [1.29, 1.82) is 0 Å². The van der Waals surface area contributed by atoms with Gasteiger partial charge in [-0.1, -0.05) is 0 Å². The van der Waals surface area contributed by atoms with E-state index in [1.807, 2.05) is 30.3 Å². The van der Waals surface area contributed by atoms with Crippen LogP contribution in [0.2, 0.25) is 0 Å². The molecule has 1 fully saturated rings. The van der Waals surface area contributed by atoms with Gasteiger partial charge in [-0.15, -0.1) is 10.2 Å². The first kappa shape index (κ1) is 17.4. The molecule has 0 saturated carbocycles. The zero-order valence-corrected chi connectivity index (χ0v) is 15.4. The molecule has 27 heavy (non-hydrogen) atoms. The summed E-state index contributed by atoms with van der Waals surface area (Å²) < 4.78 is 11.1. The Morgan fingerprint density at radius 2 is 1.70 bits per heavy atom. The first-order valence-corrected chi connectivity index (χ1v) is 8.98. The largest absolute Gasteiger partial charge is 0.497 e. The van der Waals surface area contributed by atoms with Crippen LogP contribution in [0.1, 0.15) is 18.9 Å². The highest BCUT2D eigenvalue weighted by Gasteiger charge is 2.26. The Bertz CT molecular complexity index is 859. The van der Waals surface area contributed by atoms with Crippen molar-refractivity contribution in [1.82, 2.24) is 25.1 Å². The third kappa shape index (κ3) is 3.75. The fourth-order valence-corrected chi connectivity index (χ4v) is 3.17. The summed E-state index contributed by atoms with van der Waals surface area (Å²) in [5.41, 5.74) is 0.882. The number of piperazine rings is 1. The van der Waals surface area contributed by atoms with Crippen LogP contribution >= 0.6 is 0 Å². The van der Waals surface area contributed by atoms with E-state index in [1.54, 1.807) is 19.5 Å². The summed E-state index contributed by atoms with van der Waals surface area (Å²) in [4.78, 5) is 13.2. The van der Waals surface area contributed by atoms with Gasteiger partial charge in [-0.3, -0.25) is 4.90 Å². The molecule has 0 spiro atoms. The van der Waals surface area contributed by atoms with Gasteiger partial charge in [0.1, 0.15) is 5.75 Å². The van der Waals surface area contributed by atoms with Crippen molar-refractivity contribution in [2.75, 3.05) is 38.2 Å². The first-order chi connectivity index (χ1) is 13.2. The van der Waals surface area contributed by atoms with E-state index in [0.717, 1.165) is 43.4 Å². The summed E-state index contributed by atoms with van der Waals surface area (Å²) in [7, 11) is 1.64. The van der Waals surface area contributed by atoms with E-state index in [0.29, 0.717) is 11.8 Å². The molecule has 8 nitrogen and oxygen atoms in total. The minimum atomic E-state index is 0.0586. The third-order valence-electron chi connectivity index (χ3n) is 4.83. The molecule has 1 saturated heterocycles. The molecule has 3 heterocycles. The minimum Gasteiger partial charge on any atom is -0.497 e. The van der Waals surface area contributed by atoms with Crippen LogP contribution in [-0.4, -0.2) is 58.4 Å². The van der Waals surface area contributed by atoms with Gasteiger partial charge in [0.05, 0.1) is 13.2 Å². The summed E-state index contributed by atoms with van der Waals surface area (Å²) in [6.07, 6.45) is 3.55. The Labute approximate surface area is 157 Å². The van der Waals surface area contributed by atoms with Crippen LogP contribution in [0, 0.1) is 0 Å². The van der Waals surface area contributed by atoms with Crippen LogP contribution in [0.5, 0.6) is 5.75 Å². The van der Waals surface area contributed by atoms with Crippen molar-refractivity contribution < 1.29 is 9.15 Å². The van der Waals surface area contributed by atoms with Gasteiger partial charge in [0.25, 0.3) is 0 Å². The van der Waals surface area contributed by atoms with Crippen molar-refractivity contribution in [2.24, 2.45) is 0 Å². The second kappa shape index (κ2) is 7.71. The number of hydrogen-bond donors (Lipinski definition) is 0. The lowest BCUT2D eigenvalue weighted by Crippen LogP contribution is -2.47. The highest BCUT2D eigenvalue weighted by atomic mass is 16.5. The second-order valence-corrected chi connectivity index (χ2v) is 6.42. The van der Waals surface area contributed by atoms with E-state index in [4.69, 9.17) is 9.15 Å². The summed E-state index contributed by atoms with van der Waals surface area (Å²) in [6.45, 7) is 5.61. The van der Waals surface area contributed by atoms with E-state index >= 15 is 0 Å². The molecule has 0 aliphatic carbocycles. The maximum Gasteiger partial charge on any atom is 0.247 e. The Kier molecular flexibility index (Phi) is 4.97. The lowest BCUT2D eigenvalue weighted by Gasteiger charge is -2.36. The fourth-order valence-electron chi connectivity index (χ4n) is 3.17. The zero-order valence-electron chi connectivity index (χ0n) is 15.4. The highest BCUT2D eigenvalue weighted by molar-refractivity contribution is 5.54. The minimum absolute atomic E-state index is 0.0586. The molecule has 140 valence electrons. The van der Waals surface area contributed by atoms with Gasteiger partial charge >= 0.3 is 0 Å². The molecule has 8 heteroatoms. The standard InChI is InChI=1S/C19H22N6O2/c1-14(24-10-12-25(13-11-24)19-20-8-3-9-21-19)17-22-23-18(27-17)15-4-6-16(26-2)7-5-15/h3-9,14H,10-13H2,1-2H3/t14-/m1/s1. The topological polar surface area (TPSA) is 80.4 Å². The number of hydrogen-bond acceptors (Lipinski definition) is 8. The molecule has 0 N–H and O–H groups in total. The summed E-state index contributed by atoms with van der Waals surface area (Å²) in [5.74, 6) is 2.73. The molecular weight excluding hydrogens is 344 g/mol. The van der Waals surface area contributed by atoms with Crippen LogP contribution in [-0.2, 0) is 0 Å². The molecule has 3 aromatic rings. The smallest absolute Gasteiger partial charge is 0.247 e. The summed E-state index contributed by atoms with van der Waals surface area (Å²) >= 11 is 0. The average Bonchev–Trinajstić information content (AvgIpc) is 3.24. The molecule has 0 amide bonds. The summed E-state index contributed by atoms with van der Waals surface area (Å²) in [5, 5.41) is 8.47. The predicted octanol–water partition coefficient (Wildman–Crippen LogP) is 2.42. The molecule has 1 aliphatic heterocycles. The van der Waals surface area contributed by atoms with E-state index in [-0.39, 0.29) is 6.04 Å². The molecule has 1 atom stereocenters. The van der Waals surface area contributed by atoms with E-state index in [2.05, 4.69) is 36.9 Å². The number of methoxy groups -OCH3 is 1. The number of nitrogens with zero attached hydrogens (tertiary/aromatic N) is 6. The molecule has 0 unspecified atom stereocenters. The molecule has 0 bridgehead atoms. The van der Waals surface area contributed by atoms with Crippen LogP contribution in [0.3, 0.4) is 0 Å². The van der Waals surface area contributed by atoms with Crippen molar-refractivity contribution in [3.63, 3.8) is 0 Å². The molecule has 4 rings (SSSR count). The summed E-state index contributed by atoms with van der Waals surface area (Å²) in [6, 6.07) is 9.49. The maximum atomic E-state index is 5.93. The number of rotatable bonds is 5. The number of aromatic nitrogens is 4. The van der Waals surface area contributed by atoms with E-state index in [9.17, 15) is 0 Å². The Morgan fingerprint density at radius 3 is 2.37 bits per heavy atom. The van der Waals surface area contributed by atoms with Crippen LogP contribution < -0.4 is 9.64 Å². The van der Waals surface area contributed by atoms with Crippen LogP contribution in [0.4, 0.5) is 5.95 Å². The van der Waals surface area contributed by atoms with Crippen molar-refractivity contribution in [3.05, 3.63) is 48.6 Å². The maximum absolute atomic E-state index is 5.93. The fraction of sp³-hybridized carbons (Fsp3) is 0.368. The molecule has 1 aromatic carbocycles. The quantitative estimate of drug-likeness (QED) is 0.681. The Balaban J connectivity index is 1.40. The van der Waals surface area contributed by atoms with Gasteiger partial charge in [0, 0.05) is 44.1 Å². The zero-order chi connectivity index (χ0) is 18.6. The van der Waals surface area contributed by atoms with Gasteiger partial charge in [0.2, 0.25) is 17.7 Å². The van der Waals surface area contributed by atoms with Gasteiger partial charge in [0.15, 0.2) is 0 Å². The van der Waals surface area contributed by atoms with Crippen molar-refractivity contribution >= 4 is 5.95 Å². The predicted molar refractivity (Wildman–Crippen MR) is 101 cm³/mol. The highest BCUT2D eigenvalue weighted by Crippen LogP contribution is 2.26. The van der Waals surface area contributed by atoms with Crippen LogP contribution in [0.15, 0.2) is 47.1 Å². The Morgan fingerprint density at radius 1 is 1.00 bits per heavy atom. The van der Waals surface area contributed by atoms with Gasteiger partial charge < -0.3 is 14.1 Å². The van der Waals surface area contributed by atoms with E-state index in [1.165, 1.54) is 0 Å². The van der Waals surface area contributed by atoms with E-state index < -0.39 is 0 Å². The first-order valence-electron chi connectivity index (χ1n) is 8.98. The third-order valence-corrected chi connectivity index (χ3v) is 4.83.